The van der Waals surface area contributed by atoms with Gasteiger partial charge in [-0.2, -0.15) is 0 Å². The number of nitrogens with one attached hydrogen (secondary N) is 2. The van der Waals surface area contributed by atoms with E-state index in [9.17, 15) is 9.59 Å². The van der Waals surface area contributed by atoms with Crippen molar-refractivity contribution in [2.45, 2.75) is 33.6 Å². The van der Waals surface area contributed by atoms with Crippen molar-refractivity contribution in [1.82, 2.24) is 5.32 Å². The van der Waals surface area contributed by atoms with Crippen molar-refractivity contribution in [2.75, 3.05) is 18.5 Å². The van der Waals surface area contributed by atoms with E-state index in [2.05, 4.69) is 10.6 Å². The first-order chi connectivity index (χ1) is 13.8. The molecule has 9 heteroatoms. The van der Waals surface area contributed by atoms with Crippen LogP contribution in [-0.4, -0.2) is 30.2 Å². The number of benzene rings is 1. The van der Waals surface area contributed by atoms with Gasteiger partial charge in [-0.15, -0.1) is 11.3 Å². The zero-order valence-electron chi connectivity index (χ0n) is 16.5. The Labute approximate surface area is 184 Å². The minimum Gasteiger partial charge on any atom is -0.494 e. The summed E-state index contributed by atoms with van der Waals surface area (Å²) < 4.78 is 10.7. The van der Waals surface area contributed by atoms with Gasteiger partial charge in [0, 0.05) is 16.3 Å². The van der Waals surface area contributed by atoms with Crippen molar-refractivity contribution < 1.29 is 19.1 Å². The predicted molar refractivity (Wildman–Crippen MR) is 120 cm³/mol. The van der Waals surface area contributed by atoms with Crippen molar-refractivity contribution in [2.24, 2.45) is 0 Å². The van der Waals surface area contributed by atoms with E-state index in [0.717, 1.165) is 10.4 Å². The number of esters is 1. The van der Waals surface area contributed by atoms with Gasteiger partial charge in [0.25, 0.3) is 0 Å². The first-order valence-electron chi connectivity index (χ1n) is 9.08. The lowest BCUT2D eigenvalue weighted by molar-refractivity contribution is -0.119. The van der Waals surface area contributed by atoms with E-state index >= 15 is 0 Å². The topological polar surface area (TPSA) is 76.7 Å². The number of ether oxygens (including phenoxy) is 2. The van der Waals surface area contributed by atoms with Crippen LogP contribution < -0.4 is 15.4 Å². The van der Waals surface area contributed by atoms with Crippen LogP contribution in [0.1, 0.15) is 40.6 Å². The molecule has 0 bridgehead atoms. The Bertz CT molecular complexity index is 881. The number of carbonyl (C=O) groups excluding carboxylic acids is 2. The zero-order chi connectivity index (χ0) is 21.4. The van der Waals surface area contributed by atoms with Gasteiger partial charge < -0.3 is 20.1 Å². The Balaban J connectivity index is 1.81. The lowest BCUT2D eigenvalue weighted by Gasteiger charge is -2.10. The Morgan fingerprint density at radius 3 is 2.55 bits per heavy atom. The van der Waals surface area contributed by atoms with Crippen LogP contribution in [0.5, 0.6) is 5.75 Å². The molecular weight excluding hydrogens is 432 g/mol. The summed E-state index contributed by atoms with van der Waals surface area (Å²) in [6.07, 6.45) is 0.783. The van der Waals surface area contributed by atoms with E-state index in [1.165, 1.54) is 11.3 Å². The molecule has 156 valence electrons. The van der Waals surface area contributed by atoms with E-state index in [1.807, 2.05) is 13.8 Å². The van der Waals surface area contributed by atoms with Gasteiger partial charge in [-0.1, -0.05) is 11.6 Å². The second-order valence-corrected chi connectivity index (χ2v) is 8.19. The van der Waals surface area contributed by atoms with Crippen molar-refractivity contribution in [1.29, 1.82) is 0 Å². The number of carbonyl (C=O) groups is 2. The summed E-state index contributed by atoms with van der Waals surface area (Å²) in [5.41, 5.74) is 1.28. The Hall–Kier alpha value is -2.16. The highest BCUT2D eigenvalue weighted by Crippen LogP contribution is 2.33. The molecule has 2 aromatic rings. The molecule has 0 aliphatic heterocycles. The third-order valence-electron chi connectivity index (χ3n) is 3.98. The van der Waals surface area contributed by atoms with Gasteiger partial charge in [-0.05, 0) is 69.2 Å². The van der Waals surface area contributed by atoms with E-state index in [4.69, 9.17) is 33.3 Å². The van der Waals surface area contributed by atoms with Crippen LogP contribution in [0.3, 0.4) is 0 Å². The Morgan fingerprint density at radius 1 is 1.21 bits per heavy atom. The minimum absolute atomic E-state index is 0.139. The average molecular weight is 455 g/mol. The van der Waals surface area contributed by atoms with Gasteiger partial charge in [0.05, 0.1) is 18.8 Å². The molecule has 1 aromatic carbocycles. The summed E-state index contributed by atoms with van der Waals surface area (Å²) in [5, 5.41) is 6.90. The van der Waals surface area contributed by atoms with Crippen LogP contribution in [-0.2, 0) is 9.53 Å². The maximum Gasteiger partial charge on any atom is 0.341 e. The highest BCUT2D eigenvalue weighted by molar-refractivity contribution is 7.80. The number of anilines is 1. The second kappa shape index (κ2) is 11.1. The zero-order valence-corrected chi connectivity index (χ0v) is 18.9. The van der Waals surface area contributed by atoms with Crippen LogP contribution in [0.15, 0.2) is 24.3 Å². The maximum atomic E-state index is 12.2. The number of thiophene rings is 1. The van der Waals surface area contributed by atoms with E-state index in [0.29, 0.717) is 34.4 Å². The molecule has 2 N–H and O–H groups in total. The van der Waals surface area contributed by atoms with Gasteiger partial charge in [-0.25, -0.2) is 4.79 Å². The van der Waals surface area contributed by atoms with Crippen molar-refractivity contribution in [3.05, 3.63) is 45.3 Å². The monoisotopic (exact) mass is 454 g/mol. The van der Waals surface area contributed by atoms with Crippen molar-refractivity contribution in [3.63, 3.8) is 0 Å². The first kappa shape index (κ1) is 23.1. The number of aryl methyl sites for hydroxylation is 1. The molecule has 0 aliphatic rings. The summed E-state index contributed by atoms with van der Waals surface area (Å²) >= 11 is 12.4. The van der Waals surface area contributed by atoms with E-state index in [-0.39, 0.29) is 24.0 Å². The van der Waals surface area contributed by atoms with Crippen LogP contribution in [0.2, 0.25) is 5.02 Å². The number of rotatable bonds is 8. The molecule has 0 aliphatic carbocycles. The molecule has 29 heavy (non-hydrogen) atoms. The van der Waals surface area contributed by atoms with Gasteiger partial charge in [-0.3, -0.25) is 4.79 Å². The molecule has 0 spiro atoms. The lowest BCUT2D eigenvalue weighted by Crippen LogP contribution is -2.34. The Morgan fingerprint density at radius 2 is 1.90 bits per heavy atom. The SMILES string of the molecule is CCOC(=O)c1c(NC(=S)NC(=O)CCCOc2ccc(Cl)cc2)sc(C)c1C. The smallest absolute Gasteiger partial charge is 0.341 e. The fourth-order valence-corrected chi connectivity index (χ4v) is 3.90. The second-order valence-electron chi connectivity index (χ2n) is 6.12. The summed E-state index contributed by atoms with van der Waals surface area (Å²) in [7, 11) is 0. The average Bonchev–Trinajstić information content (AvgIpc) is 2.93. The fourth-order valence-electron chi connectivity index (χ4n) is 2.44. The molecule has 6 nitrogen and oxygen atoms in total. The van der Waals surface area contributed by atoms with Crippen molar-refractivity contribution in [3.8, 4) is 5.75 Å². The third kappa shape index (κ3) is 6.99. The summed E-state index contributed by atoms with van der Waals surface area (Å²) in [6, 6.07) is 7.03. The van der Waals surface area contributed by atoms with Crippen LogP contribution in [0.25, 0.3) is 0 Å². The van der Waals surface area contributed by atoms with Crippen LogP contribution in [0.4, 0.5) is 5.00 Å². The molecule has 2 rings (SSSR count). The third-order valence-corrected chi connectivity index (χ3v) is 5.55. The molecule has 1 heterocycles. The quantitative estimate of drug-likeness (QED) is 0.336. The number of halogens is 1. The molecule has 0 saturated heterocycles. The fraction of sp³-hybridized carbons (Fsp3) is 0.350. The van der Waals surface area contributed by atoms with Crippen LogP contribution >= 0.6 is 35.2 Å². The number of thiocarbonyl (C=S) groups is 1. The normalized spacial score (nSPS) is 10.3. The van der Waals surface area contributed by atoms with Gasteiger partial charge >= 0.3 is 5.97 Å². The number of hydrogen-bond acceptors (Lipinski definition) is 6. The van der Waals surface area contributed by atoms with Crippen molar-refractivity contribution >= 4 is 57.1 Å². The van der Waals surface area contributed by atoms with Gasteiger partial charge in [0.15, 0.2) is 5.11 Å². The molecule has 0 radical (unpaired) electrons. The largest absolute Gasteiger partial charge is 0.494 e. The molecule has 0 fully saturated rings. The summed E-state index contributed by atoms with van der Waals surface area (Å²) in [4.78, 5) is 25.3. The highest BCUT2D eigenvalue weighted by atomic mass is 35.5. The van der Waals surface area contributed by atoms with Gasteiger partial charge in [0.2, 0.25) is 5.91 Å². The first-order valence-corrected chi connectivity index (χ1v) is 10.7. The molecule has 1 aromatic heterocycles. The number of hydrogen-bond donors (Lipinski definition) is 2. The molecular formula is C20H23ClN2O4S2. The summed E-state index contributed by atoms with van der Waals surface area (Å²) in [5.74, 6) is 0.0529. The molecule has 1 amide bonds. The highest BCUT2D eigenvalue weighted by Gasteiger charge is 2.21. The molecule has 0 saturated carbocycles. The van der Waals surface area contributed by atoms with Gasteiger partial charge in [0.1, 0.15) is 10.8 Å². The lowest BCUT2D eigenvalue weighted by atomic mass is 10.1. The molecule has 0 atom stereocenters. The Kier molecular flexibility index (Phi) is 8.88. The molecule has 0 unspecified atom stereocenters. The van der Waals surface area contributed by atoms with E-state index < -0.39 is 5.97 Å². The predicted octanol–water partition coefficient (Wildman–Crippen LogP) is 4.87. The standard InChI is InChI=1S/C20H23ClN2O4S2/c1-4-26-19(25)17-12(2)13(3)29-18(17)23-20(28)22-16(24)6-5-11-27-15-9-7-14(21)8-10-15/h7-10H,4-6,11H2,1-3H3,(H2,22,23,24,28). The maximum absolute atomic E-state index is 12.2. The number of amides is 1. The minimum atomic E-state index is -0.412. The summed E-state index contributed by atoms with van der Waals surface area (Å²) in [6.45, 7) is 6.19. The van der Waals surface area contributed by atoms with Crippen LogP contribution in [0, 0.1) is 13.8 Å². The van der Waals surface area contributed by atoms with E-state index in [1.54, 1.807) is 31.2 Å².